The van der Waals surface area contributed by atoms with Gasteiger partial charge in [-0.15, -0.1) is 0 Å². The molecular weight excluding hydrogens is 353 g/mol. The topological polar surface area (TPSA) is 45.2 Å². The molecule has 28 heavy (non-hydrogen) atoms. The number of hydrogen-bond acceptors (Lipinski definition) is 3. The standard InChI is InChI=1S/C23H24FN3O/c1-17(2)27(16-18-8-4-3-5-9-18)22-13-12-20(15-25-22)26-23(28)14-19-10-6-7-11-21(19)24/h3-13,15,17H,14,16H2,1-2H3,(H,26,28). The molecule has 0 unspecified atom stereocenters. The highest BCUT2D eigenvalue weighted by Crippen LogP contribution is 2.20. The molecule has 0 fully saturated rings. The first-order valence-corrected chi connectivity index (χ1v) is 9.33. The maximum atomic E-state index is 13.7. The lowest BCUT2D eigenvalue weighted by Crippen LogP contribution is -2.30. The van der Waals surface area contributed by atoms with E-state index in [1.807, 2.05) is 30.3 Å². The van der Waals surface area contributed by atoms with Crippen LogP contribution in [0.25, 0.3) is 0 Å². The van der Waals surface area contributed by atoms with Gasteiger partial charge in [0.2, 0.25) is 5.91 Å². The summed E-state index contributed by atoms with van der Waals surface area (Å²) in [7, 11) is 0. The Morgan fingerprint density at radius 1 is 1.04 bits per heavy atom. The molecule has 0 aliphatic rings. The van der Waals surface area contributed by atoms with Crippen molar-refractivity contribution in [2.45, 2.75) is 32.9 Å². The van der Waals surface area contributed by atoms with E-state index in [0.717, 1.165) is 12.4 Å². The highest BCUT2D eigenvalue weighted by molar-refractivity contribution is 5.92. The molecule has 0 saturated carbocycles. The fourth-order valence-corrected chi connectivity index (χ4v) is 2.96. The second-order valence-corrected chi connectivity index (χ2v) is 6.93. The van der Waals surface area contributed by atoms with Gasteiger partial charge < -0.3 is 10.2 Å². The van der Waals surface area contributed by atoms with Gasteiger partial charge in [-0.05, 0) is 43.2 Å². The minimum atomic E-state index is -0.375. The third-order valence-electron chi connectivity index (χ3n) is 4.45. The molecule has 1 N–H and O–H groups in total. The largest absolute Gasteiger partial charge is 0.350 e. The molecule has 4 nitrogen and oxygen atoms in total. The summed E-state index contributed by atoms with van der Waals surface area (Å²) in [6.45, 7) is 4.99. The third-order valence-corrected chi connectivity index (χ3v) is 4.45. The number of rotatable bonds is 7. The summed E-state index contributed by atoms with van der Waals surface area (Å²) in [6, 6.07) is 20.5. The lowest BCUT2D eigenvalue weighted by molar-refractivity contribution is -0.115. The number of carbonyl (C=O) groups is 1. The summed E-state index contributed by atoms with van der Waals surface area (Å²) in [5, 5.41) is 2.78. The average molecular weight is 377 g/mol. The maximum absolute atomic E-state index is 13.7. The van der Waals surface area contributed by atoms with E-state index >= 15 is 0 Å². The van der Waals surface area contributed by atoms with E-state index in [1.165, 1.54) is 11.6 Å². The molecule has 1 aromatic heterocycles. The summed E-state index contributed by atoms with van der Waals surface area (Å²) in [5.74, 6) is 0.190. The molecule has 0 radical (unpaired) electrons. The summed E-state index contributed by atoms with van der Waals surface area (Å²) >= 11 is 0. The van der Waals surface area contributed by atoms with E-state index in [2.05, 4.69) is 41.2 Å². The number of amides is 1. The Kier molecular flexibility index (Phi) is 6.37. The fraction of sp³-hybridized carbons (Fsp3) is 0.217. The number of nitrogens with one attached hydrogen (secondary N) is 1. The van der Waals surface area contributed by atoms with Gasteiger partial charge in [-0.3, -0.25) is 4.79 Å². The van der Waals surface area contributed by atoms with Crippen LogP contribution in [0.15, 0.2) is 72.9 Å². The number of nitrogens with zero attached hydrogens (tertiary/aromatic N) is 2. The van der Waals surface area contributed by atoms with Crippen LogP contribution in [0, 0.1) is 5.82 Å². The smallest absolute Gasteiger partial charge is 0.228 e. The van der Waals surface area contributed by atoms with Gasteiger partial charge in [0.05, 0.1) is 18.3 Å². The van der Waals surface area contributed by atoms with Gasteiger partial charge in [0.25, 0.3) is 0 Å². The SMILES string of the molecule is CC(C)N(Cc1ccccc1)c1ccc(NC(=O)Cc2ccccc2F)cn1. The van der Waals surface area contributed by atoms with Gasteiger partial charge in [-0.25, -0.2) is 9.37 Å². The summed E-state index contributed by atoms with van der Waals surface area (Å²) < 4.78 is 13.7. The van der Waals surface area contributed by atoms with Crippen LogP contribution in [0.2, 0.25) is 0 Å². The molecule has 1 amide bonds. The van der Waals surface area contributed by atoms with Gasteiger partial charge in [0.1, 0.15) is 11.6 Å². The van der Waals surface area contributed by atoms with Crippen LogP contribution in [0.5, 0.6) is 0 Å². The van der Waals surface area contributed by atoms with E-state index in [4.69, 9.17) is 0 Å². The predicted molar refractivity (Wildman–Crippen MR) is 111 cm³/mol. The van der Waals surface area contributed by atoms with Crippen molar-refractivity contribution in [2.24, 2.45) is 0 Å². The Labute approximate surface area is 165 Å². The Bertz CT molecular complexity index is 911. The van der Waals surface area contributed by atoms with Gasteiger partial charge >= 0.3 is 0 Å². The first-order valence-electron chi connectivity index (χ1n) is 9.33. The van der Waals surface area contributed by atoms with E-state index < -0.39 is 0 Å². The molecule has 0 atom stereocenters. The second-order valence-electron chi connectivity index (χ2n) is 6.93. The molecule has 0 saturated heterocycles. The van der Waals surface area contributed by atoms with Crippen molar-refractivity contribution in [1.82, 2.24) is 4.98 Å². The Hall–Kier alpha value is -3.21. The van der Waals surface area contributed by atoms with Crippen molar-refractivity contribution in [3.05, 3.63) is 89.9 Å². The molecular formula is C23H24FN3O. The molecule has 0 bridgehead atoms. The van der Waals surface area contributed by atoms with Gasteiger partial charge in [0, 0.05) is 12.6 Å². The molecule has 0 spiro atoms. The monoisotopic (exact) mass is 377 g/mol. The van der Waals surface area contributed by atoms with E-state index in [-0.39, 0.29) is 24.2 Å². The number of hydrogen-bond donors (Lipinski definition) is 1. The number of halogens is 1. The third kappa shape index (κ3) is 5.16. The van der Waals surface area contributed by atoms with Gasteiger partial charge in [-0.2, -0.15) is 0 Å². The zero-order chi connectivity index (χ0) is 19.9. The molecule has 2 aromatic carbocycles. The normalized spacial score (nSPS) is 10.7. The van der Waals surface area contributed by atoms with Crippen molar-refractivity contribution in [2.75, 3.05) is 10.2 Å². The molecule has 3 rings (SSSR count). The highest BCUT2D eigenvalue weighted by Gasteiger charge is 2.13. The number of anilines is 2. The van der Waals surface area contributed by atoms with Crippen molar-refractivity contribution in [1.29, 1.82) is 0 Å². The minimum Gasteiger partial charge on any atom is -0.350 e. The van der Waals surface area contributed by atoms with E-state index in [9.17, 15) is 9.18 Å². The van der Waals surface area contributed by atoms with Crippen molar-refractivity contribution in [3.8, 4) is 0 Å². The van der Waals surface area contributed by atoms with Gasteiger partial charge in [-0.1, -0.05) is 48.5 Å². The Balaban J connectivity index is 1.66. The quantitative estimate of drug-likeness (QED) is 0.642. The number of benzene rings is 2. The fourth-order valence-electron chi connectivity index (χ4n) is 2.96. The van der Waals surface area contributed by atoms with Crippen LogP contribution in [0.1, 0.15) is 25.0 Å². The van der Waals surface area contributed by atoms with Crippen LogP contribution in [0.4, 0.5) is 15.9 Å². The van der Waals surface area contributed by atoms with Gasteiger partial charge in [0.15, 0.2) is 0 Å². The van der Waals surface area contributed by atoms with E-state index in [1.54, 1.807) is 24.4 Å². The second kappa shape index (κ2) is 9.13. The minimum absolute atomic E-state index is 0.0133. The molecule has 5 heteroatoms. The zero-order valence-electron chi connectivity index (χ0n) is 16.1. The van der Waals surface area contributed by atoms with Crippen LogP contribution >= 0.6 is 0 Å². The lowest BCUT2D eigenvalue weighted by Gasteiger charge is -2.28. The van der Waals surface area contributed by atoms with Crippen molar-refractivity contribution in [3.63, 3.8) is 0 Å². The summed E-state index contributed by atoms with van der Waals surface area (Å²) in [4.78, 5) is 18.9. The first kappa shape index (κ1) is 19.5. The summed E-state index contributed by atoms with van der Waals surface area (Å²) in [6.07, 6.45) is 1.62. The number of pyridine rings is 1. The molecule has 3 aromatic rings. The maximum Gasteiger partial charge on any atom is 0.228 e. The van der Waals surface area contributed by atoms with Crippen molar-refractivity contribution < 1.29 is 9.18 Å². The van der Waals surface area contributed by atoms with E-state index in [0.29, 0.717) is 11.3 Å². The highest BCUT2D eigenvalue weighted by atomic mass is 19.1. The lowest BCUT2D eigenvalue weighted by atomic mass is 10.1. The molecule has 1 heterocycles. The van der Waals surface area contributed by atoms with Crippen LogP contribution < -0.4 is 10.2 Å². The van der Waals surface area contributed by atoms with Crippen LogP contribution in [-0.2, 0) is 17.8 Å². The zero-order valence-corrected chi connectivity index (χ0v) is 16.1. The first-order chi connectivity index (χ1) is 13.5. The summed E-state index contributed by atoms with van der Waals surface area (Å²) in [5.41, 5.74) is 2.17. The molecule has 0 aliphatic carbocycles. The average Bonchev–Trinajstić information content (AvgIpc) is 2.69. The Morgan fingerprint density at radius 2 is 1.75 bits per heavy atom. The van der Waals surface area contributed by atoms with Crippen LogP contribution in [-0.4, -0.2) is 16.9 Å². The number of carbonyl (C=O) groups excluding carboxylic acids is 1. The molecule has 144 valence electrons. The molecule has 0 aliphatic heterocycles. The predicted octanol–water partition coefficient (Wildman–Crippen LogP) is 4.82. The van der Waals surface area contributed by atoms with Crippen molar-refractivity contribution >= 4 is 17.4 Å². The van der Waals surface area contributed by atoms with Crippen LogP contribution in [0.3, 0.4) is 0 Å². The number of aromatic nitrogens is 1. The Morgan fingerprint density at radius 3 is 2.39 bits per heavy atom.